The molecule has 0 aliphatic heterocycles. The van der Waals surface area contributed by atoms with Crippen LogP contribution in [0.4, 0.5) is 0 Å². The normalized spacial score (nSPS) is 11.7. The maximum absolute atomic E-state index is 11.0. The second kappa shape index (κ2) is 12.0. The highest BCUT2D eigenvalue weighted by Gasteiger charge is 2.01. The molecule has 3 N–H and O–H groups in total. The molecule has 0 aromatic heterocycles. The molecule has 0 spiro atoms. The third kappa shape index (κ3) is 9.25. The van der Waals surface area contributed by atoms with E-state index in [9.17, 15) is 8.42 Å². The summed E-state index contributed by atoms with van der Waals surface area (Å²) < 4.78 is 30.2. The van der Waals surface area contributed by atoms with Crippen molar-refractivity contribution in [1.29, 1.82) is 0 Å². The Morgan fingerprint density at radius 3 is 2.44 bits per heavy atom. The molecule has 0 atom stereocenters. The lowest BCUT2D eigenvalue weighted by atomic mass is 10.1. The Hall–Kier alpha value is -1.59. The number of rotatable bonds is 9. The van der Waals surface area contributed by atoms with Crippen LogP contribution >= 0.6 is 24.0 Å². The fourth-order valence-electron chi connectivity index (χ4n) is 2.36. The van der Waals surface area contributed by atoms with Crippen LogP contribution < -0.4 is 20.1 Å². The van der Waals surface area contributed by atoms with Crippen LogP contribution in [0.1, 0.15) is 6.42 Å². The van der Waals surface area contributed by atoms with E-state index in [-0.39, 0.29) is 24.0 Å². The van der Waals surface area contributed by atoms with Crippen LogP contribution in [0.5, 0.6) is 5.75 Å². The second-order valence-corrected chi connectivity index (χ2v) is 7.64. The third-order valence-corrected chi connectivity index (χ3v) is 4.34. The van der Waals surface area contributed by atoms with E-state index in [1.54, 1.807) is 7.05 Å². The summed E-state index contributed by atoms with van der Waals surface area (Å²) in [6.07, 6.45) is 1.95. The Bertz CT molecular complexity index is 843. The average molecular weight is 506 g/mol. The number of hydrogen-bond donors (Lipinski definition) is 3. The van der Waals surface area contributed by atoms with Crippen molar-refractivity contribution in [3.63, 3.8) is 0 Å². The van der Waals surface area contributed by atoms with E-state index in [2.05, 4.69) is 38.5 Å². The van der Waals surface area contributed by atoms with Gasteiger partial charge in [-0.2, -0.15) is 0 Å². The van der Waals surface area contributed by atoms with Crippen LogP contribution in [-0.4, -0.2) is 53.9 Å². The van der Waals surface area contributed by atoms with E-state index in [4.69, 9.17) is 4.74 Å². The Morgan fingerprint density at radius 1 is 1.04 bits per heavy atom. The molecular weight excluding hydrogens is 479 g/mol. The van der Waals surface area contributed by atoms with E-state index < -0.39 is 10.0 Å². The van der Waals surface area contributed by atoms with Gasteiger partial charge in [-0.15, -0.1) is 24.0 Å². The minimum atomic E-state index is -3.16. The summed E-state index contributed by atoms with van der Waals surface area (Å²) in [5.41, 5.74) is 0. The lowest BCUT2D eigenvalue weighted by Gasteiger charge is -2.12. The van der Waals surface area contributed by atoms with Crippen molar-refractivity contribution in [2.24, 2.45) is 4.99 Å². The molecule has 0 bridgehead atoms. The van der Waals surface area contributed by atoms with E-state index in [1.165, 1.54) is 5.39 Å². The zero-order valence-electron chi connectivity index (χ0n) is 15.6. The second-order valence-electron chi connectivity index (χ2n) is 5.80. The Kier molecular flexibility index (Phi) is 10.4. The SMILES string of the molecule is CN=C(NCCCOc1ccc2ccccc2c1)NCCNS(C)(=O)=O.I. The molecule has 7 nitrogen and oxygen atoms in total. The molecule has 0 saturated heterocycles. The van der Waals surface area contributed by atoms with E-state index in [1.807, 2.05) is 24.3 Å². The number of nitrogens with one attached hydrogen (secondary N) is 3. The standard InChI is InChI=1S/C18H26N4O3S.HI/c1-19-18(21-11-12-22-26(2,23)24)20-10-5-13-25-17-9-8-15-6-3-4-7-16(15)14-17;/h3-4,6-9,14,22H,5,10-13H2,1-2H3,(H2,19,20,21);1H. The molecular formula is C18H27IN4O3S. The number of nitrogens with zero attached hydrogens (tertiary/aromatic N) is 1. The third-order valence-electron chi connectivity index (χ3n) is 3.61. The zero-order chi connectivity index (χ0) is 18.8. The van der Waals surface area contributed by atoms with Crippen LogP contribution in [0, 0.1) is 0 Å². The molecule has 0 saturated carbocycles. The minimum absolute atomic E-state index is 0. The van der Waals surface area contributed by atoms with Crippen LogP contribution in [0.2, 0.25) is 0 Å². The van der Waals surface area contributed by atoms with E-state index >= 15 is 0 Å². The number of fused-ring (bicyclic) bond motifs is 1. The predicted molar refractivity (Wildman–Crippen MR) is 122 cm³/mol. The van der Waals surface area contributed by atoms with Crippen molar-refractivity contribution in [1.82, 2.24) is 15.4 Å². The Balaban J connectivity index is 0.00000364. The number of ether oxygens (including phenoxy) is 1. The molecule has 0 radical (unpaired) electrons. The molecule has 0 fully saturated rings. The lowest BCUT2D eigenvalue weighted by molar-refractivity contribution is 0.311. The maximum atomic E-state index is 11.0. The van der Waals surface area contributed by atoms with Crippen molar-refractivity contribution in [3.05, 3.63) is 42.5 Å². The first kappa shape index (κ1) is 23.4. The highest BCUT2D eigenvalue weighted by atomic mass is 127. The maximum Gasteiger partial charge on any atom is 0.208 e. The molecule has 0 amide bonds. The van der Waals surface area contributed by atoms with Gasteiger partial charge < -0.3 is 15.4 Å². The Morgan fingerprint density at radius 2 is 1.74 bits per heavy atom. The van der Waals surface area contributed by atoms with Crippen molar-refractivity contribution in [2.75, 3.05) is 39.5 Å². The largest absolute Gasteiger partial charge is 0.494 e. The molecule has 27 heavy (non-hydrogen) atoms. The van der Waals surface area contributed by atoms with Gasteiger partial charge in [0.1, 0.15) is 5.75 Å². The number of guanidine groups is 1. The molecule has 150 valence electrons. The van der Waals surface area contributed by atoms with Crippen LogP contribution in [0.25, 0.3) is 10.8 Å². The predicted octanol–water partition coefficient (Wildman–Crippen LogP) is 1.94. The molecule has 0 heterocycles. The minimum Gasteiger partial charge on any atom is -0.494 e. The summed E-state index contributed by atoms with van der Waals surface area (Å²) in [4.78, 5) is 4.09. The number of sulfonamides is 1. The van der Waals surface area contributed by atoms with Gasteiger partial charge in [0.15, 0.2) is 5.96 Å². The summed E-state index contributed by atoms with van der Waals surface area (Å²) in [5, 5.41) is 8.56. The van der Waals surface area contributed by atoms with Crippen LogP contribution in [0.15, 0.2) is 47.5 Å². The van der Waals surface area contributed by atoms with Gasteiger partial charge in [0.05, 0.1) is 12.9 Å². The fraction of sp³-hybridized carbons (Fsp3) is 0.389. The quantitative estimate of drug-likeness (QED) is 0.209. The topological polar surface area (TPSA) is 91.8 Å². The zero-order valence-corrected chi connectivity index (χ0v) is 18.7. The summed E-state index contributed by atoms with van der Waals surface area (Å²) >= 11 is 0. The molecule has 0 aliphatic rings. The van der Waals surface area contributed by atoms with Gasteiger partial charge in [0, 0.05) is 26.7 Å². The molecule has 0 unspecified atom stereocenters. The summed E-state index contributed by atoms with van der Waals surface area (Å²) in [5.74, 6) is 1.49. The number of benzene rings is 2. The first-order chi connectivity index (χ1) is 12.5. The monoisotopic (exact) mass is 506 g/mol. The lowest BCUT2D eigenvalue weighted by Crippen LogP contribution is -2.41. The van der Waals surface area contributed by atoms with Gasteiger partial charge >= 0.3 is 0 Å². The average Bonchev–Trinajstić information content (AvgIpc) is 2.62. The van der Waals surface area contributed by atoms with Gasteiger partial charge in [-0.05, 0) is 29.3 Å². The van der Waals surface area contributed by atoms with Crippen LogP contribution in [-0.2, 0) is 10.0 Å². The Labute approximate surface area is 178 Å². The molecule has 2 aromatic carbocycles. The fourth-order valence-corrected chi connectivity index (χ4v) is 2.84. The smallest absolute Gasteiger partial charge is 0.208 e. The summed E-state index contributed by atoms with van der Waals surface area (Å²) in [6, 6.07) is 14.3. The van der Waals surface area contributed by atoms with Gasteiger partial charge in [-0.25, -0.2) is 13.1 Å². The van der Waals surface area contributed by atoms with Gasteiger partial charge in [-0.3, -0.25) is 4.99 Å². The van der Waals surface area contributed by atoms with Crippen LogP contribution in [0.3, 0.4) is 0 Å². The summed E-state index contributed by atoms with van der Waals surface area (Å²) in [7, 11) is -1.49. The highest BCUT2D eigenvalue weighted by molar-refractivity contribution is 14.0. The number of halogens is 1. The van der Waals surface area contributed by atoms with Gasteiger partial charge in [0.2, 0.25) is 10.0 Å². The first-order valence-electron chi connectivity index (χ1n) is 8.49. The number of hydrogen-bond acceptors (Lipinski definition) is 4. The molecule has 0 aliphatic carbocycles. The van der Waals surface area contributed by atoms with E-state index in [0.29, 0.717) is 32.2 Å². The van der Waals surface area contributed by atoms with Gasteiger partial charge in [-0.1, -0.05) is 30.3 Å². The molecule has 2 aromatic rings. The van der Waals surface area contributed by atoms with Crippen molar-refractivity contribution < 1.29 is 13.2 Å². The highest BCUT2D eigenvalue weighted by Crippen LogP contribution is 2.20. The van der Waals surface area contributed by atoms with Crippen molar-refractivity contribution in [2.45, 2.75) is 6.42 Å². The summed E-state index contributed by atoms with van der Waals surface area (Å²) in [6.45, 7) is 2.07. The first-order valence-corrected chi connectivity index (χ1v) is 10.4. The molecule has 9 heteroatoms. The van der Waals surface area contributed by atoms with Gasteiger partial charge in [0.25, 0.3) is 0 Å². The number of aliphatic imine (C=N–C) groups is 1. The van der Waals surface area contributed by atoms with Crippen molar-refractivity contribution >= 4 is 50.7 Å². The van der Waals surface area contributed by atoms with E-state index in [0.717, 1.165) is 23.8 Å². The molecule has 2 rings (SSSR count). The van der Waals surface area contributed by atoms with Crippen molar-refractivity contribution in [3.8, 4) is 5.75 Å².